The smallest absolute Gasteiger partial charge is 0.0711 e. The van der Waals surface area contributed by atoms with Crippen molar-refractivity contribution >= 4 is 12.4 Å². The normalized spacial score (nSPS) is 30.0. The Hall–Kier alpha value is 0.210. The zero-order valence-electron chi connectivity index (χ0n) is 6.71. The Labute approximate surface area is 74.1 Å². The van der Waals surface area contributed by atoms with Crippen LogP contribution in [0.5, 0.6) is 0 Å². The van der Waals surface area contributed by atoms with E-state index in [1.807, 2.05) is 0 Å². The third-order valence-corrected chi connectivity index (χ3v) is 2.28. The van der Waals surface area contributed by atoms with E-state index < -0.39 is 0 Å². The molecule has 3 heteroatoms. The molecule has 2 nitrogen and oxygen atoms in total. The van der Waals surface area contributed by atoms with Crippen LogP contribution >= 0.6 is 12.4 Å². The minimum absolute atomic E-state index is 0. The van der Waals surface area contributed by atoms with Crippen LogP contribution in [0.1, 0.15) is 19.3 Å². The number of rotatable bonds is 3. The molecule has 1 atom stereocenters. The second kappa shape index (κ2) is 4.29. The Kier molecular flexibility index (Phi) is 3.63. The first-order valence-corrected chi connectivity index (χ1v) is 4.27. The topological polar surface area (TPSA) is 21.3 Å². The Balaban J connectivity index is 0.000000605. The van der Waals surface area contributed by atoms with E-state index in [2.05, 4.69) is 5.32 Å². The summed E-state index contributed by atoms with van der Waals surface area (Å²) in [7, 11) is 0. The molecule has 0 amide bonds. The van der Waals surface area contributed by atoms with Gasteiger partial charge in [-0.2, -0.15) is 0 Å². The van der Waals surface area contributed by atoms with Gasteiger partial charge in [-0.25, -0.2) is 0 Å². The van der Waals surface area contributed by atoms with Crippen LogP contribution in [0.25, 0.3) is 0 Å². The molecule has 2 rings (SSSR count). The maximum absolute atomic E-state index is 5.66. The summed E-state index contributed by atoms with van der Waals surface area (Å²) in [6, 6.07) is 0. The maximum atomic E-state index is 5.66. The van der Waals surface area contributed by atoms with Crippen LogP contribution in [0.4, 0.5) is 0 Å². The summed E-state index contributed by atoms with van der Waals surface area (Å²) in [5.74, 6) is 0.917. The first-order chi connectivity index (χ1) is 4.95. The Morgan fingerprint density at radius 3 is 2.64 bits per heavy atom. The average Bonchev–Trinajstić information content (AvgIpc) is 2.63. The number of nitrogens with one attached hydrogen (secondary N) is 1. The van der Waals surface area contributed by atoms with Gasteiger partial charge in [0.2, 0.25) is 0 Å². The van der Waals surface area contributed by atoms with Crippen LogP contribution in [0.2, 0.25) is 0 Å². The van der Waals surface area contributed by atoms with Crippen molar-refractivity contribution in [2.45, 2.75) is 25.4 Å². The predicted octanol–water partition coefficient (Wildman–Crippen LogP) is 1.20. The van der Waals surface area contributed by atoms with E-state index in [0.29, 0.717) is 6.10 Å². The first-order valence-electron chi connectivity index (χ1n) is 4.27. The van der Waals surface area contributed by atoms with Gasteiger partial charge in [0.05, 0.1) is 6.10 Å². The molecule has 0 radical (unpaired) electrons. The quantitative estimate of drug-likeness (QED) is 0.700. The third-order valence-electron chi connectivity index (χ3n) is 2.28. The van der Waals surface area contributed by atoms with Crippen LogP contribution in [0.3, 0.4) is 0 Å². The summed E-state index contributed by atoms with van der Waals surface area (Å²) >= 11 is 0. The second-order valence-corrected chi connectivity index (χ2v) is 3.39. The number of halogens is 1. The van der Waals surface area contributed by atoms with E-state index in [0.717, 1.165) is 25.6 Å². The minimum atomic E-state index is 0. The zero-order valence-corrected chi connectivity index (χ0v) is 7.53. The van der Waals surface area contributed by atoms with Crippen molar-refractivity contribution in [2.24, 2.45) is 5.92 Å². The van der Waals surface area contributed by atoms with Crippen molar-refractivity contribution in [3.8, 4) is 0 Å². The molecular weight excluding hydrogens is 162 g/mol. The lowest BCUT2D eigenvalue weighted by Gasteiger charge is -2.08. The Morgan fingerprint density at radius 2 is 2.09 bits per heavy atom. The van der Waals surface area contributed by atoms with Gasteiger partial charge in [-0.1, -0.05) is 0 Å². The van der Waals surface area contributed by atoms with Gasteiger partial charge in [-0.15, -0.1) is 12.4 Å². The largest absolute Gasteiger partial charge is 0.377 e. The lowest BCUT2D eigenvalue weighted by molar-refractivity contribution is 0.0594. The Bertz CT molecular complexity index is 111. The highest BCUT2D eigenvalue weighted by atomic mass is 35.5. The second-order valence-electron chi connectivity index (χ2n) is 3.39. The van der Waals surface area contributed by atoms with Gasteiger partial charge in [0.25, 0.3) is 0 Å². The van der Waals surface area contributed by atoms with Gasteiger partial charge in [0, 0.05) is 13.2 Å². The summed E-state index contributed by atoms with van der Waals surface area (Å²) in [5, 5.41) is 3.29. The molecule has 2 fully saturated rings. The minimum Gasteiger partial charge on any atom is -0.377 e. The number of hydrogen-bond donors (Lipinski definition) is 1. The molecule has 1 aliphatic carbocycles. The molecule has 0 bridgehead atoms. The van der Waals surface area contributed by atoms with Gasteiger partial charge < -0.3 is 10.1 Å². The lowest BCUT2D eigenvalue weighted by atomic mass is 10.3. The van der Waals surface area contributed by atoms with Crippen molar-refractivity contribution in [3.63, 3.8) is 0 Å². The van der Waals surface area contributed by atoms with E-state index in [1.54, 1.807) is 0 Å². The highest BCUT2D eigenvalue weighted by Crippen LogP contribution is 2.29. The van der Waals surface area contributed by atoms with Crippen molar-refractivity contribution in [1.29, 1.82) is 0 Å². The molecule has 0 aromatic carbocycles. The van der Waals surface area contributed by atoms with Crippen LogP contribution in [0, 0.1) is 5.92 Å². The van der Waals surface area contributed by atoms with Crippen molar-refractivity contribution in [1.82, 2.24) is 5.32 Å². The summed E-state index contributed by atoms with van der Waals surface area (Å²) in [6.07, 6.45) is 4.55. The summed E-state index contributed by atoms with van der Waals surface area (Å²) < 4.78 is 5.66. The van der Waals surface area contributed by atoms with Gasteiger partial charge >= 0.3 is 0 Å². The van der Waals surface area contributed by atoms with Crippen molar-refractivity contribution in [2.75, 3.05) is 19.7 Å². The molecular formula is C8H16ClNO. The highest BCUT2D eigenvalue weighted by molar-refractivity contribution is 5.85. The number of hydrogen-bond acceptors (Lipinski definition) is 2. The van der Waals surface area contributed by atoms with Gasteiger partial charge in [0.15, 0.2) is 0 Å². The molecule has 11 heavy (non-hydrogen) atoms. The van der Waals surface area contributed by atoms with Crippen LogP contribution in [-0.4, -0.2) is 25.8 Å². The predicted molar refractivity (Wildman–Crippen MR) is 47.2 cm³/mol. The van der Waals surface area contributed by atoms with Gasteiger partial charge in [-0.05, 0) is 31.7 Å². The average molecular weight is 178 g/mol. The molecule has 1 N–H and O–H groups in total. The molecule has 2 aliphatic rings. The molecule has 0 aromatic rings. The standard InChI is InChI=1S/C8H15NO.ClH/c1-2-7(1)6-10-8-3-4-9-5-8;/h7-9H,1-6H2;1H/t8-;/m0./s1. The molecule has 1 heterocycles. The fourth-order valence-electron chi connectivity index (χ4n) is 1.33. The maximum Gasteiger partial charge on any atom is 0.0711 e. The fraction of sp³-hybridized carbons (Fsp3) is 1.00. The van der Waals surface area contributed by atoms with Crippen LogP contribution in [0.15, 0.2) is 0 Å². The lowest BCUT2D eigenvalue weighted by Crippen LogP contribution is -2.17. The third kappa shape index (κ3) is 2.97. The van der Waals surface area contributed by atoms with E-state index in [1.165, 1.54) is 19.3 Å². The zero-order chi connectivity index (χ0) is 6.81. The Morgan fingerprint density at radius 1 is 1.27 bits per heavy atom. The fourth-order valence-corrected chi connectivity index (χ4v) is 1.33. The first kappa shape index (κ1) is 9.30. The molecule has 0 aromatic heterocycles. The van der Waals surface area contributed by atoms with E-state index in [9.17, 15) is 0 Å². The molecule has 0 spiro atoms. The molecule has 1 saturated carbocycles. The number of ether oxygens (including phenoxy) is 1. The van der Waals surface area contributed by atoms with E-state index >= 15 is 0 Å². The molecule has 0 unspecified atom stereocenters. The molecule has 66 valence electrons. The van der Waals surface area contributed by atoms with Crippen molar-refractivity contribution in [3.05, 3.63) is 0 Å². The molecule has 1 aliphatic heterocycles. The van der Waals surface area contributed by atoms with Crippen LogP contribution < -0.4 is 5.32 Å². The van der Waals surface area contributed by atoms with Gasteiger partial charge in [-0.3, -0.25) is 0 Å². The SMILES string of the molecule is C1C[C@H](OCC2CC2)CN1.Cl. The van der Waals surface area contributed by atoms with E-state index in [-0.39, 0.29) is 12.4 Å². The monoisotopic (exact) mass is 177 g/mol. The summed E-state index contributed by atoms with van der Waals surface area (Å²) in [6.45, 7) is 3.24. The highest BCUT2D eigenvalue weighted by Gasteiger charge is 2.24. The van der Waals surface area contributed by atoms with Crippen LogP contribution in [-0.2, 0) is 4.74 Å². The van der Waals surface area contributed by atoms with Gasteiger partial charge in [0.1, 0.15) is 0 Å². The van der Waals surface area contributed by atoms with E-state index in [4.69, 9.17) is 4.74 Å². The van der Waals surface area contributed by atoms with Crippen molar-refractivity contribution < 1.29 is 4.74 Å². The summed E-state index contributed by atoms with van der Waals surface area (Å²) in [4.78, 5) is 0. The summed E-state index contributed by atoms with van der Waals surface area (Å²) in [5.41, 5.74) is 0. The molecule has 1 saturated heterocycles.